The fourth-order valence-electron chi connectivity index (χ4n) is 1.10. The third-order valence-electron chi connectivity index (χ3n) is 1.88. The standard InChI is InChI=1S/C11H15ClO2/c1-2-7-14-10-5-3-9(4-6-10)11(13)8-12/h3-6,11,13H,2,7-8H2,1H3/t11-/m1/s1. The van der Waals surface area contributed by atoms with Crippen molar-refractivity contribution in [1.29, 1.82) is 0 Å². The summed E-state index contributed by atoms with van der Waals surface area (Å²) in [5, 5.41) is 9.42. The van der Waals surface area contributed by atoms with E-state index in [1.807, 2.05) is 24.3 Å². The van der Waals surface area contributed by atoms with E-state index < -0.39 is 6.10 Å². The largest absolute Gasteiger partial charge is 0.494 e. The van der Waals surface area contributed by atoms with E-state index in [0.29, 0.717) is 0 Å². The van der Waals surface area contributed by atoms with Crippen LogP contribution in [0.25, 0.3) is 0 Å². The van der Waals surface area contributed by atoms with Crippen molar-refractivity contribution in [1.82, 2.24) is 0 Å². The zero-order valence-corrected chi connectivity index (χ0v) is 9.00. The van der Waals surface area contributed by atoms with Gasteiger partial charge in [0, 0.05) is 0 Å². The van der Waals surface area contributed by atoms with Crippen LogP contribution in [0.4, 0.5) is 0 Å². The molecule has 78 valence electrons. The molecule has 2 nitrogen and oxygen atoms in total. The molecule has 0 amide bonds. The van der Waals surface area contributed by atoms with Gasteiger partial charge in [-0.15, -0.1) is 11.6 Å². The first kappa shape index (κ1) is 11.3. The van der Waals surface area contributed by atoms with Crippen LogP contribution < -0.4 is 4.74 Å². The Labute approximate surface area is 89.5 Å². The summed E-state index contributed by atoms with van der Waals surface area (Å²) in [5.41, 5.74) is 0.823. The summed E-state index contributed by atoms with van der Waals surface area (Å²) >= 11 is 5.53. The van der Waals surface area contributed by atoms with Crippen LogP contribution in [-0.2, 0) is 0 Å². The normalized spacial score (nSPS) is 12.5. The molecule has 0 saturated carbocycles. The first-order valence-electron chi connectivity index (χ1n) is 4.74. The second-order valence-corrected chi connectivity index (χ2v) is 3.40. The minimum atomic E-state index is -0.586. The van der Waals surface area contributed by atoms with Gasteiger partial charge in [-0.25, -0.2) is 0 Å². The molecule has 0 saturated heterocycles. The van der Waals surface area contributed by atoms with Crippen LogP contribution in [-0.4, -0.2) is 17.6 Å². The van der Waals surface area contributed by atoms with Crippen molar-refractivity contribution in [2.24, 2.45) is 0 Å². The second kappa shape index (κ2) is 5.89. The van der Waals surface area contributed by atoms with E-state index in [2.05, 4.69) is 6.92 Å². The molecule has 1 N–H and O–H groups in total. The van der Waals surface area contributed by atoms with Gasteiger partial charge < -0.3 is 9.84 Å². The van der Waals surface area contributed by atoms with E-state index in [1.165, 1.54) is 0 Å². The van der Waals surface area contributed by atoms with E-state index in [0.717, 1.165) is 24.3 Å². The summed E-state index contributed by atoms with van der Waals surface area (Å²) in [6.45, 7) is 2.78. The van der Waals surface area contributed by atoms with Crippen LogP contribution in [0.5, 0.6) is 5.75 Å². The number of rotatable bonds is 5. The minimum Gasteiger partial charge on any atom is -0.494 e. The molecule has 1 aromatic carbocycles. The predicted molar refractivity (Wildman–Crippen MR) is 57.9 cm³/mol. The molecule has 0 aliphatic heterocycles. The molecule has 0 heterocycles. The van der Waals surface area contributed by atoms with Gasteiger partial charge in [-0.2, -0.15) is 0 Å². The Kier molecular flexibility index (Phi) is 4.77. The van der Waals surface area contributed by atoms with Crippen LogP contribution in [0.3, 0.4) is 0 Å². The first-order valence-corrected chi connectivity index (χ1v) is 5.28. The SMILES string of the molecule is CCCOc1ccc([C@H](O)CCl)cc1. The van der Waals surface area contributed by atoms with Gasteiger partial charge in [0.2, 0.25) is 0 Å². The Morgan fingerprint density at radius 1 is 1.36 bits per heavy atom. The third kappa shape index (κ3) is 3.20. The van der Waals surface area contributed by atoms with Gasteiger partial charge >= 0.3 is 0 Å². The second-order valence-electron chi connectivity index (χ2n) is 3.09. The lowest BCUT2D eigenvalue weighted by Gasteiger charge is -2.08. The number of aliphatic hydroxyl groups excluding tert-OH is 1. The zero-order valence-electron chi connectivity index (χ0n) is 8.24. The van der Waals surface area contributed by atoms with Crippen LogP contribution >= 0.6 is 11.6 Å². The predicted octanol–water partition coefficient (Wildman–Crippen LogP) is 2.75. The number of ether oxygens (including phenoxy) is 1. The lowest BCUT2D eigenvalue weighted by Crippen LogP contribution is -1.99. The van der Waals surface area contributed by atoms with E-state index in [4.69, 9.17) is 16.3 Å². The van der Waals surface area contributed by atoms with Crippen molar-refractivity contribution in [3.63, 3.8) is 0 Å². The number of hydrogen-bond donors (Lipinski definition) is 1. The number of aliphatic hydroxyl groups is 1. The summed E-state index contributed by atoms with van der Waals surface area (Å²) in [7, 11) is 0. The molecule has 0 aliphatic carbocycles. The van der Waals surface area contributed by atoms with Crippen LogP contribution in [0.1, 0.15) is 25.0 Å². The van der Waals surface area contributed by atoms with Crippen molar-refractivity contribution in [3.05, 3.63) is 29.8 Å². The van der Waals surface area contributed by atoms with Gasteiger partial charge in [-0.05, 0) is 24.1 Å². The number of halogens is 1. The maximum atomic E-state index is 9.42. The minimum absolute atomic E-state index is 0.217. The van der Waals surface area contributed by atoms with Crippen molar-refractivity contribution < 1.29 is 9.84 Å². The van der Waals surface area contributed by atoms with Crippen molar-refractivity contribution >= 4 is 11.6 Å². The quantitative estimate of drug-likeness (QED) is 0.764. The summed E-state index contributed by atoms with van der Waals surface area (Å²) < 4.78 is 5.41. The van der Waals surface area contributed by atoms with E-state index in [-0.39, 0.29) is 5.88 Å². The molecule has 0 radical (unpaired) electrons. The number of benzene rings is 1. The fraction of sp³-hybridized carbons (Fsp3) is 0.455. The lowest BCUT2D eigenvalue weighted by molar-refractivity contribution is 0.202. The molecule has 0 aromatic heterocycles. The highest BCUT2D eigenvalue weighted by atomic mass is 35.5. The van der Waals surface area contributed by atoms with Gasteiger partial charge in [0.1, 0.15) is 5.75 Å². The zero-order chi connectivity index (χ0) is 10.4. The van der Waals surface area contributed by atoms with E-state index in [9.17, 15) is 5.11 Å². The molecular formula is C11H15ClO2. The maximum absolute atomic E-state index is 9.42. The Bertz CT molecular complexity index is 258. The van der Waals surface area contributed by atoms with Gasteiger partial charge in [0.25, 0.3) is 0 Å². The Balaban J connectivity index is 2.59. The molecule has 1 atom stereocenters. The topological polar surface area (TPSA) is 29.5 Å². The van der Waals surface area contributed by atoms with Gasteiger partial charge in [-0.1, -0.05) is 19.1 Å². The highest BCUT2D eigenvalue weighted by Crippen LogP contribution is 2.18. The highest BCUT2D eigenvalue weighted by Gasteiger charge is 2.04. The third-order valence-corrected chi connectivity index (χ3v) is 2.18. The molecule has 0 spiro atoms. The smallest absolute Gasteiger partial charge is 0.119 e. The summed E-state index contributed by atoms with van der Waals surface area (Å²) in [4.78, 5) is 0. The Hall–Kier alpha value is -0.730. The molecule has 3 heteroatoms. The molecule has 0 fully saturated rings. The Morgan fingerprint density at radius 3 is 2.50 bits per heavy atom. The summed E-state index contributed by atoms with van der Waals surface area (Å²) in [6.07, 6.45) is 0.406. The molecule has 1 aromatic rings. The van der Waals surface area contributed by atoms with Crippen LogP contribution in [0.15, 0.2) is 24.3 Å². The summed E-state index contributed by atoms with van der Waals surface area (Å²) in [5.74, 6) is 1.05. The van der Waals surface area contributed by atoms with Gasteiger partial charge in [0.05, 0.1) is 18.6 Å². The van der Waals surface area contributed by atoms with E-state index >= 15 is 0 Å². The molecule has 14 heavy (non-hydrogen) atoms. The van der Waals surface area contributed by atoms with E-state index in [1.54, 1.807) is 0 Å². The average molecular weight is 215 g/mol. The highest BCUT2D eigenvalue weighted by molar-refractivity contribution is 6.18. The summed E-state index contributed by atoms with van der Waals surface area (Å²) in [6, 6.07) is 7.36. The van der Waals surface area contributed by atoms with Crippen molar-refractivity contribution in [2.75, 3.05) is 12.5 Å². The van der Waals surface area contributed by atoms with Gasteiger partial charge in [-0.3, -0.25) is 0 Å². The van der Waals surface area contributed by atoms with Crippen LogP contribution in [0.2, 0.25) is 0 Å². The van der Waals surface area contributed by atoms with Crippen LogP contribution in [0, 0.1) is 0 Å². The van der Waals surface area contributed by atoms with Crippen molar-refractivity contribution in [3.8, 4) is 5.75 Å². The van der Waals surface area contributed by atoms with Gasteiger partial charge in [0.15, 0.2) is 0 Å². The Morgan fingerprint density at radius 2 is 2.00 bits per heavy atom. The number of hydrogen-bond acceptors (Lipinski definition) is 2. The molecule has 0 aliphatic rings. The monoisotopic (exact) mass is 214 g/mol. The first-order chi connectivity index (χ1) is 6.77. The molecule has 0 bridgehead atoms. The van der Waals surface area contributed by atoms with Crippen molar-refractivity contribution in [2.45, 2.75) is 19.4 Å². The molecule has 0 unspecified atom stereocenters. The molecule has 1 rings (SSSR count). The lowest BCUT2D eigenvalue weighted by atomic mass is 10.1. The fourth-order valence-corrected chi connectivity index (χ4v) is 1.27. The number of alkyl halides is 1. The average Bonchev–Trinajstić information content (AvgIpc) is 2.26. The maximum Gasteiger partial charge on any atom is 0.119 e. The molecular weight excluding hydrogens is 200 g/mol.